The number of aromatic nitrogens is 1. The Morgan fingerprint density at radius 1 is 1.29 bits per heavy atom. The van der Waals surface area contributed by atoms with Crippen molar-refractivity contribution in [1.29, 1.82) is 0 Å². The summed E-state index contributed by atoms with van der Waals surface area (Å²) < 4.78 is 26.5. The second-order valence-electron chi connectivity index (χ2n) is 4.48. The van der Waals surface area contributed by atoms with Crippen molar-refractivity contribution in [2.45, 2.75) is 49.1 Å². The zero-order chi connectivity index (χ0) is 12.3. The van der Waals surface area contributed by atoms with E-state index in [1.807, 2.05) is 0 Å². The van der Waals surface area contributed by atoms with E-state index < -0.39 is 16.1 Å². The molecule has 1 aliphatic rings. The zero-order valence-electron chi connectivity index (χ0n) is 9.59. The molecule has 5 nitrogen and oxygen atoms in total. The Hall–Kier alpha value is -0.850. The van der Waals surface area contributed by atoms with Gasteiger partial charge in [0.05, 0.1) is 11.0 Å². The largest absolute Gasteiger partial charge is 0.391 e. The van der Waals surface area contributed by atoms with E-state index in [2.05, 4.69) is 9.71 Å². The maximum Gasteiger partial charge on any atom is 0.242 e. The summed E-state index contributed by atoms with van der Waals surface area (Å²) in [6, 6.07) is 1.14. The molecule has 1 fully saturated rings. The van der Waals surface area contributed by atoms with Crippen LogP contribution in [0, 0.1) is 0 Å². The maximum absolute atomic E-state index is 12.0. The van der Waals surface area contributed by atoms with Crippen LogP contribution in [-0.2, 0) is 10.0 Å². The van der Waals surface area contributed by atoms with Gasteiger partial charge in [0.1, 0.15) is 0 Å². The van der Waals surface area contributed by atoms with Crippen LogP contribution in [0.4, 0.5) is 0 Å². The van der Waals surface area contributed by atoms with Crippen molar-refractivity contribution in [3.05, 3.63) is 18.5 Å². The summed E-state index contributed by atoms with van der Waals surface area (Å²) in [5.41, 5.74) is 0. The second-order valence-corrected chi connectivity index (χ2v) is 6.19. The molecule has 0 aromatic carbocycles. The van der Waals surface area contributed by atoms with E-state index in [9.17, 15) is 13.5 Å². The van der Waals surface area contributed by atoms with Crippen molar-refractivity contribution in [1.82, 2.24) is 9.71 Å². The Labute approximate surface area is 101 Å². The minimum absolute atomic E-state index is 0.217. The number of sulfonamides is 1. The molecular weight excluding hydrogens is 240 g/mol. The predicted molar refractivity (Wildman–Crippen MR) is 64.0 cm³/mol. The third-order valence-corrected chi connectivity index (χ3v) is 4.65. The zero-order valence-corrected chi connectivity index (χ0v) is 10.4. The van der Waals surface area contributed by atoms with Gasteiger partial charge in [-0.15, -0.1) is 0 Å². The monoisotopic (exact) mass is 258 g/mol. The van der Waals surface area contributed by atoms with E-state index in [-0.39, 0.29) is 10.9 Å². The first-order chi connectivity index (χ1) is 8.09. The molecule has 2 atom stereocenters. The molecule has 2 rings (SSSR count). The Kier molecular flexibility index (Phi) is 3.86. The summed E-state index contributed by atoms with van der Waals surface area (Å²) >= 11 is 0. The fraction of sp³-hybridized carbons (Fsp3) is 0.636. The van der Waals surface area contributed by atoms with Crippen LogP contribution in [-0.4, -0.2) is 30.7 Å². The fourth-order valence-electron chi connectivity index (χ4n) is 2.17. The van der Waals surface area contributed by atoms with E-state index >= 15 is 0 Å². The average Bonchev–Trinajstić information content (AvgIpc) is 2.74. The fourth-order valence-corrected chi connectivity index (χ4v) is 3.45. The van der Waals surface area contributed by atoms with E-state index in [0.29, 0.717) is 12.8 Å². The number of rotatable bonds is 3. The molecule has 1 saturated carbocycles. The lowest BCUT2D eigenvalue weighted by Gasteiger charge is -2.21. The van der Waals surface area contributed by atoms with Crippen molar-refractivity contribution in [3.63, 3.8) is 0 Å². The van der Waals surface area contributed by atoms with Crippen LogP contribution in [0.2, 0.25) is 0 Å². The van der Waals surface area contributed by atoms with Crippen molar-refractivity contribution < 1.29 is 13.5 Å². The highest BCUT2D eigenvalue weighted by Gasteiger charge is 2.27. The van der Waals surface area contributed by atoms with Gasteiger partial charge >= 0.3 is 0 Å². The summed E-state index contributed by atoms with van der Waals surface area (Å²) in [6.07, 6.45) is 6.76. The van der Waals surface area contributed by atoms with Crippen LogP contribution in [0.25, 0.3) is 0 Å². The quantitative estimate of drug-likeness (QED) is 0.707. The van der Waals surface area contributed by atoms with Crippen molar-refractivity contribution in [2.24, 2.45) is 0 Å². The summed E-state index contributed by atoms with van der Waals surface area (Å²) in [6.45, 7) is 0. The molecule has 0 amide bonds. The smallest absolute Gasteiger partial charge is 0.242 e. The third-order valence-electron chi connectivity index (χ3n) is 3.17. The summed E-state index contributed by atoms with van der Waals surface area (Å²) in [4.78, 5) is 2.93. The van der Waals surface area contributed by atoms with Crippen molar-refractivity contribution >= 4 is 10.0 Å². The van der Waals surface area contributed by atoms with Crippen LogP contribution in [0.1, 0.15) is 32.1 Å². The summed E-state index contributed by atoms with van der Waals surface area (Å²) in [5.74, 6) is 0. The van der Waals surface area contributed by atoms with Crippen LogP contribution in [0.3, 0.4) is 0 Å². The molecule has 1 aliphatic carbocycles. The molecule has 0 aliphatic heterocycles. The van der Waals surface area contributed by atoms with Crippen molar-refractivity contribution in [3.8, 4) is 0 Å². The first-order valence-corrected chi connectivity index (χ1v) is 7.41. The third kappa shape index (κ3) is 3.08. The van der Waals surface area contributed by atoms with Gasteiger partial charge in [-0.1, -0.05) is 19.3 Å². The topological polar surface area (TPSA) is 82.2 Å². The van der Waals surface area contributed by atoms with Gasteiger partial charge in [-0.25, -0.2) is 13.1 Å². The number of H-pyrrole nitrogens is 1. The number of hydrogen-bond donors (Lipinski definition) is 3. The molecule has 1 heterocycles. The molecule has 2 unspecified atom stereocenters. The molecular formula is C11H18N2O3S. The lowest BCUT2D eigenvalue weighted by atomic mass is 10.1. The maximum atomic E-state index is 12.0. The number of aromatic amines is 1. The van der Waals surface area contributed by atoms with Gasteiger partial charge in [0.2, 0.25) is 10.0 Å². The molecule has 3 N–H and O–H groups in total. The van der Waals surface area contributed by atoms with Gasteiger partial charge in [0, 0.05) is 18.4 Å². The normalized spacial score (nSPS) is 26.6. The highest BCUT2D eigenvalue weighted by Crippen LogP contribution is 2.20. The molecule has 0 radical (unpaired) electrons. The standard InChI is InChI=1S/C11H18N2O3S/c14-11-5-3-1-2-4-10(11)13-17(15,16)9-6-7-12-8-9/h6-8,10-14H,1-5H2. The SMILES string of the molecule is O=S(=O)(NC1CCCCCC1O)c1cc[nH]c1. The van der Waals surface area contributed by atoms with Crippen LogP contribution < -0.4 is 4.72 Å². The first kappa shape index (κ1) is 12.6. The highest BCUT2D eigenvalue weighted by molar-refractivity contribution is 7.89. The number of nitrogens with one attached hydrogen (secondary N) is 2. The highest BCUT2D eigenvalue weighted by atomic mass is 32.2. The van der Waals surface area contributed by atoms with Gasteiger partial charge in [-0.05, 0) is 18.9 Å². The molecule has 1 aromatic heterocycles. The minimum atomic E-state index is -3.51. The van der Waals surface area contributed by atoms with Crippen molar-refractivity contribution in [2.75, 3.05) is 0 Å². The number of aliphatic hydroxyl groups excluding tert-OH is 1. The Bertz CT molecular complexity index is 441. The number of aliphatic hydroxyl groups is 1. The van der Waals surface area contributed by atoms with Gasteiger partial charge < -0.3 is 10.1 Å². The van der Waals surface area contributed by atoms with Gasteiger partial charge in [0.15, 0.2) is 0 Å². The molecule has 0 bridgehead atoms. The molecule has 96 valence electrons. The van der Waals surface area contributed by atoms with E-state index in [4.69, 9.17) is 0 Å². The first-order valence-electron chi connectivity index (χ1n) is 5.93. The van der Waals surface area contributed by atoms with Gasteiger partial charge in [0.25, 0.3) is 0 Å². The molecule has 0 spiro atoms. The minimum Gasteiger partial charge on any atom is -0.391 e. The lowest BCUT2D eigenvalue weighted by Crippen LogP contribution is -2.42. The Morgan fingerprint density at radius 3 is 2.76 bits per heavy atom. The Balaban J connectivity index is 2.09. The molecule has 17 heavy (non-hydrogen) atoms. The van der Waals surface area contributed by atoms with Gasteiger partial charge in [-0.2, -0.15) is 0 Å². The van der Waals surface area contributed by atoms with Crippen LogP contribution in [0.5, 0.6) is 0 Å². The molecule has 6 heteroatoms. The number of hydrogen-bond acceptors (Lipinski definition) is 3. The molecule has 0 saturated heterocycles. The lowest BCUT2D eigenvalue weighted by molar-refractivity contribution is 0.130. The van der Waals surface area contributed by atoms with E-state index in [1.54, 1.807) is 6.20 Å². The molecule has 1 aromatic rings. The average molecular weight is 258 g/mol. The Morgan fingerprint density at radius 2 is 2.06 bits per heavy atom. The second kappa shape index (κ2) is 5.20. The van der Waals surface area contributed by atoms with E-state index in [1.165, 1.54) is 12.3 Å². The summed E-state index contributed by atoms with van der Waals surface area (Å²) in [5, 5.41) is 9.88. The van der Waals surface area contributed by atoms with Gasteiger partial charge in [-0.3, -0.25) is 0 Å². The van der Waals surface area contributed by atoms with E-state index in [0.717, 1.165) is 19.3 Å². The van der Waals surface area contributed by atoms with Crippen LogP contribution in [0.15, 0.2) is 23.4 Å². The summed E-state index contributed by atoms with van der Waals surface area (Å²) in [7, 11) is -3.51. The van der Waals surface area contributed by atoms with Crippen LogP contribution >= 0.6 is 0 Å². The predicted octanol–water partition coefficient (Wildman–Crippen LogP) is 0.987.